The largest absolute Gasteiger partial charge is 0.299 e. The number of hydrogen-bond acceptors (Lipinski definition) is 7. The first-order valence-corrected chi connectivity index (χ1v) is 12.2. The Balaban J connectivity index is 2.36. The number of aryl methyl sites for hydroxylation is 1. The maximum absolute atomic E-state index is 12.9. The molecule has 0 spiro atoms. The number of benzene rings is 1. The van der Waals surface area contributed by atoms with Gasteiger partial charge in [0.05, 0.1) is 11.9 Å². The Hall–Kier alpha value is -1.36. The van der Waals surface area contributed by atoms with Crippen molar-refractivity contribution >= 4 is 61.4 Å². The van der Waals surface area contributed by atoms with E-state index in [2.05, 4.69) is 15.5 Å². The third kappa shape index (κ3) is 5.56. The Morgan fingerprint density at radius 1 is 1.37 bits per heavy atom. The van der Waals surface area contributed by atoms with Crippen LogP contribution in [0.5, 0.6) is 0 Å². The lowest BCUT2D eigenvalue weighted by Gasteiger charge is -2.31. The Labute approximate surface area is 172 Å². The molecule has 0 aliphatic rings. The van der Waals surface area contributed by atoms with Gasteiger partial charge in [0, 0.05) is 5.02 Å². The number of carbonyl (C=O) groups excluding carboxylic acids is 1. The van der Waals surface area contributed by atoms with Crippen LogP contribution >= 0.6 is 34.7 Å². The number of amides is 1. The average molecular weight is 449 g/mol. The predicted octanol–water partition coefficient (Wildman–Crippen LogP) is 3.80. The molecule has 1 N–H and O–H groups in total. The molecule has 2 aromatic rings. The Morgan fingerprint density at radius 3 is 2.67 bits per heavy atom. The second-order valence-corrected chi connectivity index (χ2v) is 10.5. The maximum atomic E-state index is 12.9. The standard InChI is InChI=1S/C16H21ClN4O3S3/c1-5-12(14(22)18-15-19-20-16(26-15)25-6-2)21(27(4,23)24)13-9-11(17)8-7-10(13)3/h7-9,12H,5-6H2,1-4H3,(H,18,19,22)/t12-/m0/s1. The molecule has 148 valence electrons. The highest BCUT2D eigenvalue weighted by Crippen LogP contribution is 2.30. The fourth-order valence-corrected chi connectivity index (χ4v) is 5.57. The van der Waals surface area contributed by atoms with Gasteiger partial charge in [-0.25, -0.2) is 8.42 Å². The summed E-state index contributed by atoms with van der Waals surface area (Å²) in [6, 6.07) is 4.01. The van der Waals surface area contributed by atoms with Crippen LogP contribution in [-0.4, -0.2) is 42.6 Å². The van der Waals surface area contributed by atoms with Crippen LogP contribution in [0.2, 0.25) is 5.02 Å². The minimum atomic E-state index is -3.73. The van der Waals surface area contributed by atoms with E-state index in [9.17, 15) is 13.2 Å². The molecule has 27 heavy (non-hydrogen) atoms. The zero-order valence-electron chi connectivity index (χ0n) is 15.4. The summed E-state index contributed by atoms with van der Waals surface area (Å²) in [5, 5.41) is 11.3. The van der Waals surface area contributed by atoms with Crippen molar-refractivity contribution in [2.45, 2.75) is 37.6 Å². The number of nitrogens with one attached hydrogen (secondary N) is 1. The lowest BCUT2D eigenvalue weighted by atomic mass is 10.1. The highest BCUT2D eigenvalue weighted by Gasteiger charge is 2.33. The number of hydrogen-bond donors (Lipinski definition) is 1. The number of aromatic nitrogens is 2. The lowest BCUT2D eigenvalue weighted by Crippen LogP contribution is -2.47. The van der Waals surface area contributed by atoms with Crippen molar-refractivity contribution in [3.8, 4) is 0 Å². The molecule has 0 saturated heterocycles. The summed E-state index contributed by atoms with van der Waals surface area (Å²) in [7, 11) is -3.73. The second kappa shape index (κ2) is 9.22. The van der Waals surface area contributed by atoms with Gasteiger partial charge in [-0.2, -0.15) is 0 Å². The predicted molar refractivity (Wildman–Crippen MR) is 113 cm³/mol. The van der Waals surface area contributed by atoms with Gasteiger partial charge in [-0.05, 0) is 36.8 Å². The molecule has 1 aromatic heterocycles. The van der Waals surface area contributed by atoms with Gasteiger partial charge in [0.25, 0.3) is 0 Å². The molecule has 11 heteroatoms. The minimum absolute atomic E-state index is 0.278. The van der Waals surface area contributed by atoms with E-state index >= 15 is 0 Å². The van der Waals surface area contributed by atoms with E-state index in [0.29, 0.717) is 21.4 Å². The van der Waals surface area contributed by atoms with Gasteiger partial charge in [0.15, 0.2) is 4.34 Å². The van der Waals surface area contributed by atoms with E-state index in [-0.39, 0.29) is 6.42 Å². The molecule has 1 amide bonds. The number of sulfonamides is 1. The zero-order chi connectivity index (χ0) is 20.2. The molecule has 0 aliphatic heterocycles. The van der Waals surface area contributed by atoms with E-state index in [4.69, 9.17) is 11.6 Å². The molecule has 0 radical (unpaired) electrons. The van der Waals surface area contributed by atoms with E-state index < -0.39 is 22.0 Å². The van der Waals surface area contributed by atoms with Gasteiger partial charge in [-0.15, -0.1) is 10.2 Å². The third-order valence-electron chi connectivity index (χ3n) is 3.64. The van der Waals surface area contributed by atoms with Crippen LogP contribution in [0, 0.1) is 6.92 Å². The summed E-state index contributed by atoms with van der Waals surface area (Å²) >= 11 is 8.83. The number of halogens is 1. The van der Waals surface area contributed by atoms with E-state index in [1.54, 1.807) is 32.0 Å². The van der Waals surface area contributed by atoms with Crippen molar-refractivity contribution in [2.24, 2.45) is 0 Å². The zero-order valence-corrected chi connectivity index (χ0v) is 18.6. The van der Waals surface area contributed by atoms with Gasteiger partial charge in [-0.3, -0.25) is 14.4 Å². The first-order valence-electron chi connectivity index (χ1n) is 8.20. The van der Waals surface area contributed by atoms with E-state index in [1.807, 2.05) is 6.92 Å². The number of anilines is 2. The Kier molecular flexibility index (Phi) is 7.49. The van der Waals surface area contributed by atoms with Crippen molar-refractivity contribution < 1.29 is 13.2 Å². The highest BCUT2D eigenvalue weighted by molar-refractivity contribution is 8.01. The summed E-state index contributed by atoms with van der Waals surface area (Å²) in [6.07, 6.45) is 1.35. The van der Waals surface area contributed by atoms with Crippen LogP contribution in [0.4, 0.5) is 10.8 Å². The molecule has 1 aromatic carbocycles. The van der Waals surface area contributed by atoms with Crippen LogP contribution in [-0.2, 0) is 14.8 Å². The second-order valence-electron chi connectivity index (χ2n) is 5.71. The molecule has 0 saturated carbocycles. The molecule has 1 atom stereocenters. The number of thioether (sulfide) groups is 1. The first-order chi connectivity index (χ1) is 12.7. The van der Waals surface area contributed by atoms with Crippen molar-refractivity contribution in [2.75, 3.05) is 21.6 Å². The summed E-state index contributed by atoms with van der Waals surface area (Å²) in [5.74, 6) is 0.377. The van der Waals surface area contributed by atoms with Gasteiger partial charge in [0.2, 0.25) is 21.1 Å². The lowest BCUT2D eigenvalue weighted by molar-refractivity contribution is -0.117. The molecule has 0 fully saturated rings. The van der Waals surface area contributed by atoms with Crippen molar-refractivity contribution in [1.82, 2.24) is 10.2 Å². The summed E-state index contributed by atoms with van der Waals surface area (Å²) in [4.78, 5) is 12.9. The topological polar surface area (TPSA) is 92.3 Å². The summed E-state index contributed by atoms with van der Waals surface area (Å²) in [5.41, 5.74) is 1.08. The molecule has 7 nitrogen and oxygen atoms in total. The summed E-state index contributed by atoms with van der Waals surface area (Å²) < 4.78 is 26.9. The molecule has 0 aliphatic carbocycles. The fourth-order valence-electron chi connectivity index (χ4n) is 2.49. The van der Waals surface area contributed by atoms with Crippen LogP contribution < -0.4 is 9.62 Å². The number of nitrogens with zero attached hydrogens (tertiary/aromatic N) is 3. The van der Waals surface area contributed by atoms with Gasteiger partial charge in [-0.1, -0.05) is 54.6 Å². The van der Waals surface area contributed by atoms with E-state index in [0.717, 1.165) is 20.7 Å². The van der Waals surface area contributed by atoms with Crippen LogP contribution in [0.25, 0.3) is 0 Å². The van der Waals surface area contributed by atoms with Crippen LogP contribution in [0.3, 0.4) is 0 Å². The maximum Gasteiger partial charge on any atom is 0.250 e. The minimum Gasteiger partial charge on any atom is -0.299 e. The Bertz CT molecular complexity index is 917. The van der Waals surface area contributed by atoms with Crippen LogP contribution in [0.15, 0.2) is 22.5 Å². The SMILES string of the molecule is CCSc1nnc(NC(=O)[C@H](CC)N(c2cc(Cl)ccc2C)S(C)(=O)=O)s1. The van der Waals surface area contributed by atoms with Gasteiger partial charge in [0.1, 0.15) is 6.04 Å². The molecular formula is C16H21ClN4O3S3. The normalized spacial score (nSPS) is 12.6. The smallest absolute Gasteiger partial charge is 0.250 e. The molecule has 1 heterocycles. The monoisotopic (exact) mass is 448 g/mol. The number of rotatable bonds is 8. The van der Waals surface area contributed by atoms with Crippen molar-refractivity contribution in [3.05, 3.63) is 28.8 Å². The van der Waals surface area contributed by atoms with Gasteiger partial charge < -0.3 is 0 Å². The average Bonchev–Trinajstić information content (AvgIpc) is 3.01. The molecule has 0 unspecified atom stereocenters. The highest BCUT2D eigenvalue weighted by atomic mass is 35.5. The first kappa shape index (κ1) is 21.9. The van der Waals surface area contributed by atoms with Crippen LogP contribution in [0.1, 0.15) is 25.8 Å². The van der Waals surface area contributed by atoms with Gasteiger partial charge >= 0.3 is 0 Å². The molecule has 0 bridgehead atoms. The molecule has 2 rings (SSSR count). The van der Waals surface area contributed by atoms with Crippen molar-refractivity contribution in [1.29, 1.82) is 0 Å². The Morgan fingerprint density at radius 2 is 2.07 bits per heavy atom. The fraction of sp³-hybridized carbons (Fsp3) is 0.438. The quantitative estimate of drug-likeness (QED) is 0.487. The molecular weight excluding hydrogens is 428 g/mol. The van der Waals surface area contributed by atoms with E-state index in [1.165, 1.54) is 23.1 Å². The summed E-state index contributed by atoms with van der Waals surface area (Å²) in [6.45, 7) is 5.52. The number of carbonyl (C=O) groups is 1. The third-order valence-corrected chi connectivity index (χ3v) is 6.90. The van der Waals surface area contributed by atoms with Crippen molar-refractivity contribution in [3.63, 3.8) is 0 Å².